The summed E-state index contributed by atoms with van der Waals surface area (Å²) in [6, 6.07) is 0. The summed E-state index contributed by atoms with van der Waals surface area (Å²) in [6.45, 7) is 18.5. The van der Waals surface area contributed by atoms with Crippen molar-refractivity contribution in [3.05, 3.63) is 24.6 Å². The van der Waals surface area contributed by atoms with E-state index in [0.717, 1.165) is 11.4 Å². The van der Waals surface area contributed by atoms with Crippen LogP contribution in [0.2, 0.25) is 0 Å². The Hall–Kier alpha value is -0.720. The molecule has 1 heteroatoms. The summed E-state index contributed by atoms with van der Waals surface area (Å²) in [7, 11) is 0. The van der Waals surface area contributed by atoms with Gasteiger partial charge in [-0.25, -0.2) is 0 Å². The number of nitrogens with one attached hydrogen (secondary N) is 1. The summed E-state index contributed by atoms with van der Waals surface area (Å²) in [5.74, 6) is 0.462. The molecular formula is C11H21N. The van der Waals surface area contributed by atoms with Gasteiger partial charge in [-0.3, -0.25) is 0 Å². The van der Waals surface area contributed by atoms with Gasteiger partial charge in [0.2, 0.25) is 0 Å². The molecule has 0 rings (SSSR count). The molecule has 0 heterocycles. The lowest BCUT2D eigenvalue weighted by atomic mass is 9.92. The fourth-order valence-electron chi connectivity index (χ4n) is 0.526. The maximum absolute atomic E-state index is 3.98. The Balaban J connectivity index is 4.12. The van der Waals surface area contributed by atoms with Crippen LogP contribution in [-0.4, -0.2) is 0 Å². The molecule has 0 aromatic carbocycles. The van der Waals surface area contributed by atoms with E-state index in [4.69, 9.17) is 0 Å². The predicted octanol–water partition coefficient (Wildman–Crippen LogP) is 3.31. The van der Waals surface area contributed by atoms with Gasteiger partial charge in [0, 0.05) is 16.8 Å². The second-order valence-corrected chi connectivity index (χ2v) is 4.53. The zero-order valence-electron chi connectivity index (χ0n) is 8.99. The van der Waals surface area contributed by atoms with E-state index in [0.29, 0.717) is 5.92 Å². The third-order valence-electron chi connectivity index (χ3n) is 1.91. The largest absolute Gasteiger partial charge is 0.363 e. The minimum absolute atomic E-state index is 0.109. The van der Waals surface area contributed by atoms with Crippen LogP contribution in [0.1, 0.15) is 34.6 Å². The van der Waals surface area contributed by atoms with E-state index in [1.165, 1.54) is 0 Å². The Kier molecular flexibility index (Phi) is 3.56. The SMILES string of the molecule is C=C(NC(=C)C(C)(C)C)C(C)C. The number of hydrogen-bond acceptors (Lipinski definition) is 1. The summed E-state index contributed by atoms with van der Waals surface area (Å²) in [6.07, 6.45) is 0. The molecule has 0 fully saturated rings. The standard InChI is InChI=1S/C11H21N/c1-8(2)9(3)12-10(4)11(5,6)7/h8,12H,3-4H2,1-2,5-7H3. The Labute approximate surface area is 76.6 Å². The van der Waals surface area contributed by atoms with Gasteiger partial charge in [0.25, 0.3) is 0 Å². The molecule has 0 saturated carbocycles. The molecule has 0 bridgehead atoms. The topological polar surface area (TPSA) is 12.0 Å². The van der Waals surface area contributed by atoms with Crippen molar-refractivity contribution in [1.29, 1.82) is 0 Å². The van der Waals surface area contributed by atoms with Gasteiger partial charge in [-0.2, -0.15) is 0 Å². The molecule has 0 spiro atoms. The second-order valence-electron chi connectivity index (χ2n) is 4.53. The van der Waals surface area contributed by atoms with Gasteiger partial charge in [-0.05, 0) is 5.92 Å². The quantitative estimate of drug-likeness (QED) is 0.680. The van der Waals surface area contributed by atoms with Crippen LogP contribution in [0.5, 0.6) is 0 Å². The third-order valence-corrected chi connectivity index (χ3v) is 1.91. The third kappa shape index (κ3) is 3.61. The van der Waals surface area contributed by atoms with Gasteiger partial charge in [0.15, 0.2) is 0 Å². The lowest BCUT2D eigenvalue weighted by molar-refractivity contribution is 0.468. The molecular weight excluding hydrogens is 146 g/mol. The molecule has 0 amide bonds. The lowest BCUT2D eigenvalue weighted by Gasteiger charge is -2.25. The Morgan fingerprint density at radius 1 is 1.17 bits per heavy atom. The van der Waals surface area contributed by atoms with E-state index >= 15 is 0 Å². The number of allylic oxidation sites excluding steroid dienone is 2. The van der Waals surface area contributed by atoms with Crippen molar-refractivity contribution >= 4 is 0 Å². The molecule has 0 aliphatic rings. The molecule has 0 aromatic heterocycles. The zero-order chi connectivity index (χ0) is 9.94. The first kappa shape index (κ1) is 11.3. The van der Waals surface area contributed by atoms with E-state index in [9.17, 15) is 0 Å². The van der Waals surface area contributed by atoms with Gasteiger partial charge in [0.05, 0.1) is 0 Å². The van der Waals surface area contributed by atoms with Gasteiger partial charge < -0.3 is 5.32 Å². The van der Waals surface area contributed by atoms with Gasteiger partial charge in [-0.15, -0.1) is 0 Å². The molecule has 0 radical (unpaired) electrons. The fourth-order valence-corrected chi connectivity index (χ4v) is 0.526. The van der Waals surface area contributed by atoms with Crippen LogP contribution in [0.25, 0.3) is 0 Å². The first-order chi connectivity index (χ1) is 5.25. The van der Waals surface area contributed by atoms with Crippen molar-refractivity contribution in [2.24, 2.45) is 11.3 Å². The number of rotatable bonds is 3. The summed E-state index contributed by atoms with van der Waals surface area (Å²) in [4.78, 5) is 0. The summed E-state index contributed by atoms with van der Waals surface area (Å²) < 4.78 is 0. The molecule has 0 aromatic rings. The first-order valence-corrected chi connectivity index (χ1v) is 4.40. The van der Waals surface area contributed by atoms with Crippen molar-refractivity contribution < 1.29 is 0 Å². The zero-order valence-corrected chi connectivity index (χ0v) is 8.99. The molecule has 1 N–H and O–H groups in total. The highest BCUT2D eigenvalue weighted by Crippen LogP contribution is 2.22. The summed E-state index contributed by atoms with van der Waals surface area (Å²) in [5, 5.41) is 3.23. The maximum atomic E-state index is 3.98. The minimum atomic E-state index is 0.109. The predicted molar refractivity (Wildman–Crippen MR) is 55.7 cm³/mol. The molecule has 0 aliphatic carbocycles. The smallest absolute Gasteiger partial charge is 0.0130 e. The first-order valence-electron chi connectivity index (χ1n) is 4.40. The molecule has 0 atom stereocenters. The van der Waals surface area contributed by atoms with E-state index in [1.54, 1.807) is 0 Å². The average Bonchev–Trinajstić information content (AvgIpc) is 1.85. The van der Waals surface area contributed by atoms with Crippen LogP contribution >= 0.6 is 0 Å². The van der Waals surface area contributed by atoms with E-state index in [1.807, 2.05) is 0 Å². The highest BCUT2D eigenvalue weighted by molar-refractivity contribution is 5.11. The van der Waals surface area contributed by atoms with Gasteiger partial charge in [0.1, 0.15) is 0 Å². The second kappa shape index (κ2) is 3.79. The molecule has 0 saturated heterocycles. The van der Waals surface area contributed by atoms with Crippen LogP contribution in [0.4, 0.5) is 0 Å². The van der Waals surface area contributed by atoms with Crippen LogP contribution < -0.4 is 5.32 Å². The normalized spacial score (nSPS) is 11.5. The lowest BCUT2D eigenvalue weighted by Crippen LogP contribution is -2.24. The Morgan fingerprint density at radius 2 is 1.58 bits per heavy atom. The average molecular weight is 167 g/mol. The monoisotopic (exact) mass is 167 g/mol. The van der Waals surface area contributed by atoms with E-state index in [-0.39, 0.29) is 5.41 Å². The van der Waals surface area contributed by atoms with Crippen LogP contribution in [0.3, 0.4) is 0 Å². The summed E-state index contributed by atoms with van der Waals surface area (Å²) >= 11 is 0. The van der Waals surface area contributed by atoms with E-state index < -0.39 is 0 Å². The van der Waals surface area contributed by atoms with Gasteiger partial charge >= 0.3 is 0 Å². The molecule has 12 heavy (non-hydrogen) atoms. The van der Waals surface area contributed by atoms with Gasteiger partial charge in [-0.1, -0.05) is 47.8 Å². The van der Waals surface area contributed by atoms with Crippen molar-refractivity contribution in [3.8, 4) is 0 Å². The summed E-state index contributed by atoms with van der Waals surface area (Å²) in [5.41, 5.74) is 2.17. The fraction of sp³-hybridized carbons (Fsp3) is 0.636. The van der Waals surface area contributed by atoms with Crippen molar-refractivity contribution in [2.75, 3.05) is 0 Å². The van der Waals surface area contributed by atoms with Crippen LogP contribution in [0.15, 0.2) is 24.6 Å². The molecule has 0 aliphatic heterocycles. The highest BCUT2D eigenvalue weighted by atomic mass is 14.9. The molecule has 70 valence electrons. The van der Waals surface area contributed by atoms with Crippen molar-refractivity contribution in [3.63, 3.8) is 0 Å². The van der Waals surface area contributed by atoms with Crippen molar-refractivity contribution in [2.45, 2.75) is 34.6 Å². The maximum Gasteiger partial charge on any atom is 0.0130 e. The minimum Gasteiger partial charge on any atom is -0.363 e. The highest BCUT2D eigenvalue weighted by Gasteiger charge is 2.15. The van der Waals surface area contributed by atoms with Crippen LogP contribution in [-0.2, 0) is 0 Å². The number of hydrogen-bond donors (Lipinski definition) is 1. The van der Waals surface area contributed by atoms with Crippen molar-refractivity contribution in [1.82, 2.24) is 5.32 Å². The molecule has 0 unspecified atom stereocenters. The molecule has 1 nitrogen and oxygen atoms in total. The van der Waals surface area contributed by atoms with E-state index in [2.05, 4.69) is 53.1 Å². The van der Waals surface area contributed by atoms with Crippen LogP contribution in [0, 0.1) is 11.3 Å². The Morgan fingerprint density at radius 3 is 1.83 bits per heavy atom. The Bertz CT molecular complexity index is 182.